The highest BCUT2D eigenvalue weighted by molar-refractivity contribution is 7.44. The zero-order valence-electron chi connectivity index (χ0n) is 7.26. The zero-order valence-corrected chi connectivity index (χ0v) is 8.15. The Labute approximate surface area is 77.8 Å². The molecular formula is C8H11N3OP+. The topological polar surface area (TPSA) is 46.1 Å². The first-order chi connectivity index (χ1) is 6.36. The molecule has 0 aliphatic carbocycles. The van der Waals surface area contributed by atoms with Crippen LogP contribution in [0, 0.1) is 0 Å². The van der Waals surface area contributed by atoms with Gasteiger partial charge in [-0.1, -0.05) is 4.57 Å². The van der Waals surface area contributed by atoms with E-state index >= 15 is 0 Å². The molecule has 0 amide bonds. The highest BCUT2D eigenvalue weighted by atomic mass is 31.1. The molecule has 0 N–H and O–H groups in total. The summed E-state index contributed by atoms with van der Waals surface area (Å²) in [4.78, 5) is 10.4. The lowest BCUT2D eigenvalue weighted by Gasteiger charge is -2.21. The Morgan fingerprint density at radius 1 is 1.23 bits per heavy atom. The lowest BCUT2D eigenvalue weighted by Crippen LogP contribution is -2.33. The van der Waals surface area contributed by atoms with Crippen molar-refractivity contribution in [3.05, 3.63) is 18.5 Å². The predicted molar refractivity (Wildman–Crippen MR) is 51.6 cm³/mol. The molecule has 1 saturated heterocycles. The molecule has 68 valence electrons. The van der Waals surface area contributed by atoms with Crippen LogP contribution in [0.2, 0.25) is 0 Å². The largest absolute Gasteiger partial charge is 0.342 e. The Hall–Kier alpha value is -1.02. The van der Waals surface area contributed by atoms with Crippen molar-refractivity contribution in [3.63, 3.8) is 0 Å². The third-order valence-corrected chi connectivity index (χ3v) is 3.47. The van der Waals surface area contributed by atoms with Crippen molar-refractivity contribution in [1.82, 2.24) is 9.97 Å². The van der Waals surface area contributed by atoms with Gasteiger partial charge in [-0.15, -0.1) is 0 Å². The molecule has 2 heterocycles. The molecule has 4 nitrogen and oxygen atoms in total. The summed E-state index contributed by atoms with van der Waals surface area (Å²) in [5.41, 5.74) is 0. The Morgan fingerprint density at radius 2 is 1.85 bits per heavy atom. The van der Waals surface area contributed by atoms with Gasteiger partial charge in [-0.2, -0.15) is 0 Å². The van der Waals surface area contributed by atoms with E-state index in [4.69, 9.17) is 0 Å². The van der Waals surface area contributed by atoms with Gasteiger partial charge in [-0.25, -0.2) is 9.97 Å². The van der Waals surface area contributed by atoms with Crippen molar-refractivity contribution in [2.24, 2.45) is 0 Å². The molecule has 0 radical (unpaired) electrons. The van der Waals surface area contributed by atoms with E-state index in [0.29, 0.717) is 0 Å². The van der Waals surface area contributed by atoms with Crippen LogP contribution in [0.15, 0.2) is 18.5 Å². The van der Waals surface area contributed by atoms with Crippen LogP contribution < -0.4 is 4.90 Å². The van der Waals surface area contributed by atoms with E-state index in [1.807, 2.05) is 0 Å². The van der Waals surface area contributed by atoms with E-state index in [1.54, 1.807) is 18.5 Å². The Kier molecular flexibility index (Phi) is 2.50. The molecule has 1 aliphatic heterocycles. The van der Waals surface area contributed by atoms with Crippen LogP contribution in [-0.2, 0) is 4.57 Å². The summed E-state index contributed by atoms with van der Waals surface area (Å²) < 4.78 is 11.1. The van der Waals surface area contributed by atoms with E-state index in [9.17, 15) is 4.57 Å². The maximum Gasteiger partial charge on any atom is 0.342 e. The number of hydrogen-bond acceptors (Lipinski definition) is 4. The first-order valence-corrected chi connectivity index (χ1v) is 5.93. The minimum atomic E-state index is -0.956. The van der Waals surface area contributed by atoms with Crippen LogP contribution >= 0.6 is 7.80 Å². The fraction of sp³-hybridized carbons (Fsp3) is 0.500. The van der Waals surface area contributed by atoms with Gasteiger partial charge in [0.2, 0.25) is 5.95 Å². The number of anilines is 1. The normalized spacial score (nSPS) is 17.5. The average Bonchev–Trinajstić information content (AvgIpc) is 2.20. The van der Waals surface area contributed by atoms with Crippen molar-refractivity contribution in [2.75, 3.05) is 30.3 Å². The SMILES string of the molecule is O=[P+]1CCN(c2ncccn2)CC1. The van der Waals surface area contributed by atoms with E-state index in [-0.39, 0.29) is 0 Å². The van der Waals surface area contributed by atoms with E-state index in [1.165, 1.54) is 0 Å². The Morgan fingerprint density at radius 3 is 2.46 bits per heavy atom. The molecule has 1 aliphatic rings. The quantitative estimate of drug-likeness (QED) is 0.631. The second-order valence-corrected chi connectivity index (χ2v) is 4.82. The lowest BCUT2D eigenvalue weighted by atomic mass is 10.5. The molecule has 13 heavy (non-hydrogen) atoms. The van der Waals surface area contributed by atoms with Gasteiger partial charge in [0, 0.05) is 12.4 Å². The van der Waals surface area contributed by atoms with E-state index < -0.39 is 7.80 Å². The molecule has 0 atom stereocenters. The van der Waals surface area contributed by atoms with E-state index in [2.05, 4.69) is 14.9 Å². The first kappa shape index (κ1) is 8.57. The summed E-state index contributed by atoms with van der Waals surface area (Å²) in [6.07, 6.45) is 5.01. The molecular weight excluding hydrogens is 185 g/mol. The molecule has 2 rings (SSSR count). The van der Waals surface area contributed by atoms with Gasteiger partial charge in [0.15, 0.2) is 12.3 Å². The third-order valence-electron chi connectivity index (χ3n) is 2.07. The van der Waals surface area contributed by atoms with Crippen LogP contribution in [-0.4, -0.2) is 35.4 Å². The minimum absolute atomic E-state index is 0.755. The Bertz CT molecular complexity index is 294. The number of rotatable bonds is 1. The molecule has 0 unspecified atom stereocenters. The number of nitrogens with zero attached hydrogens (tertiary/aromatic N) is 3. The summed E-state index contributed by atoms with van der Waals surface area (Å²) in [6.45, 7) is 1.64. The Balaban J connectivity index is 2.07. The molecule has 1 aromatic rings. The van der Waals surface area contributed by atoms with Crippen molar-refractivity contribution < 1.29 is 4.57 Å². The smallest absolute Gasteiger partial charge is 0.332 e. The van der Waals surface area contributed by atoms with Crippen LogP contribution in [0.3, 0.4) is 0 Å². The predicted octanol–water partition coefficient (Wildman–Crippen LogP) is 1.12. The van der Waals surface area contributed by atoms with Crippen LogP contribution in [0.25, 0.3) is 0 Å². The minimum Gasteiger partial charge on any atom is -0.332 e. The molecule has 5 heteroatoms. The van der Waals surface area contributed by atoms with Crippen LogP contribution in [0.4, 0.5) is 5.95 Å². The highest BCUT2D eigenvalue weighted by Crippen LogP contribution is 2.25. The summed E-state index contributed by atoms with van der Waals surface area (Å²) in [7, 11) is -0.956. The second kappa shape index (κ2) is 3.79. The molecule has 0 aromatic carbocycles. The lowest BCUT2D eigenvalue weighted by molar-refractivity contribution is 0.581. The van der Waals surface area contributed by atoms with Gasteiger partial charge in [0.05, 0.1) is 13.1 Å². The van der Waals surface area contributed by atoms with Crippen LogP contribution in [0.5, 0.6) is 0 Å². The van der Waals surface area contributed by atoms with Gasteiger partial charge in [-0.3, -0.25) is 0 Å². The standard InChI is InChI=1S/C8H11N3OP/c12-13-6-4-11(5-7-13)8-9-2-1-3-10-8/h1-3H,4-7H2/q+1. The van der Waals surface area contributed by atoms with Crippen molar-refractivity contribution in [1.29, 1.82) is 0 Å². The van der Waals surface area contributed by atoms with Crippen molar-refractivity contribution >= 4 is 13.7 Å². The molecule has 0 saturated carbocycles. The number of aromatic nitrogens is 2. The summed E-state index contributed by atoms with van der Waals surface area (Å²) in [5.74, 6) is 0.755. The maximum atomic E-state index is 11.1. The molecule has 0 spiro atoms. The van der Waals surface area contributed by atoms with Crippen molar-refractivity contribution in [3.8, 4) is 0 Å². The third kappa shape index (κ3) is 2.01. The summed E-state index contributed by atoms with van der Waals surface area (Å²) >= 11 is 0. The van der Waals surface area contributed by atoms with Gasteiger partial charge in [-0.05, 0) is 6.07 Å². The van der Waals surface area contributed by atoms with Gasteiger partial charge in [0.1, 0.15) is 0 Å². The van der Waals surface area contributed by atoms with Gasteiger partial charge >= 0.3 is 7.80 Å². The monoisotopic (exact) mass is 196 g/mol. The van der Waals surface area contributed by atoms with Crippen molar-refractivity contribution in [2.45, 2.75) is 0 Å². The molecule has 1 fully saturated rings. The summed E-state index contributed by atoms with van der Waals surface area (Å²) in [6, 6.07) is 1.80. The first-order valence-electron chi connectivity index (χ1n) is 4.30. The maximum absolute atomic E-state index is 11.1. The molecule has 0 bridgehead atoms. The zero-order chi connectivity index (χ0) is 9.10. The van der Waals surface area contributed by atoms with Gasteiger partial charge in [0.25, 0.3) is 0 Å². The summed E-state index contributed by atoms with van der Waals surface area (Å²) in [5, 5.41) is 0. The van der Waals surface area contributed by atoms with Crippen LogP contribution in [0.1, 0.15) is 0 Å². The van der Waals surface area contributed by atoms with Gasteiger partial charge < -0.3 is 4.90 Å². The highest BCUT2D eigenvalue weighted by Gasteiger charge is 2.26. The van der Waals surface area contributed by atoms with E-state index in [0.717, 1.165) is 31.4 Å². The average molecular weight is 196 g/mol. The fourth-order valence-electron chi connectivity index (χ4n) is 1.34. The number of hydrogen-bond donors (Lipinski definition) is 0. The fourth-order valence-corrected chi connectivity index (χ4v) is 2.50. The second-order valence-electron chi connectivity index (χ2n) is 2.96. The molecule has 1 aromatic heterocycles.